The molecule has 0 fully saturated rings. The van der Waals surface area contributed by atoms with Gasteiger partial charge in [-0.2, -0.15) is 0 Å². The number of hydrogen-bond acceptors (Lipinski definition) is 4. The highest BCUT2D eigenvalue weighted by atomic mass is 16.2. The van der Waals surface area contributed by atoms with Crippen LogP contribution in [0.15, 0.2) is 18.3 Å². The van der Waals surface area contributed by atoms with E-state index in [1.54, 1.807) is 0 Å². The molecule has 0 atom stereocenters. The zero-order valence-corrected chi connectivity index (χ0v) is 14.4. The molecule has 5 heteroatoms. The van der Waals surface area contributed by atoms with E-state index in [-0.39, 0.29) is 5.91 Å². The number of nitrogens with zero attached hydrogens (tertiary/aromatic N) is 2. The quantitative estimate of drug-likeness (QED) is 0.734. The van der Waals surface area contributed by atoms with Crippen LogP contribution in [0, 0.1) is 5.41 Å². The van der Waals surface area contributed by atoms with E-state index in [0.29, 0.717) is 13.1 Å². The minimum absolute atomic E-state index is 0.0350. The predicted molar refractivity (Wildman–Crippen MR) is 91.7 cm³/mol. The summed E-state index contributed by atoms with van der Waals surface area (Å²) >= 11 is 0. The molecule has 1 heterocycles. The number of pyridine rings is 1. The molecule has 0 aliphatic carbocycles. The Morgan fingerprint density at radius 3 is 2.27 bits per heavy atom. The summed E-state index contributed by atoms with van der Waals surface area (Å²) < 4.78 is 0. The first kappa shape index (κ1) is 18.4. The van der Waals surface area contributed by atoms with Crippen molar-refractivity contribution < 1.29 is 4.79 Å². The molecule has 1 aromatic heterocycles. The molecule has 0 saturated heterocycles. The van der Waals surface area contributed by atoms with Crippen LogP contribution in [-0.2, 0) is 11.3 Å². The number of anilines is 1. The highest BCUT2D eigenvalue weighted by Crippen LogP contribution is 2.25. The monoisotopic (exact) mass is 306 g/mol. The second-order valence-electron chi connectivity index (χ2n) is 5.57. The lowest BCUT2D eigenvalue weighted by molar-refractivity contribution is -0.131. The summed E-state index contributed by atoms with van der Waals surface area (Å²) in [6.45, 7) is 11.0. The van der Waals surface area contributed by atoms with Gasteiger partial charge in [0.25, 0.3) is 0 Å². The lowest BCUT2D eigenvalue weighted by Crippen LogP contribution is -2.45. The van der Waals surface area contributed by atoms with Crippen molar-refractivity contribution in [2.75, 3.05) is 24.5 Å². The zero-order chi connectivity index (χ0) is 16.6. The highest BCUT2D eigenvalue weighted by molar-refractivity contribution is 5.82. The van der Waals surface area contributed by atoms with Crippen LogP contribution in [0.5, 0.6) is 0 Å². The Kier molecular flexibility index (Phi) is 7.32. The van der Waals surface area contributed by atoms with E-state index in [1.165, 1.54) is 0 Å². The molecule has 3 N–H and O–H groups in total. The summed E-state index contributed by atoms with van der Waals surface area (Å²) in [4.78, 5) is 19.0. The van der Waals surface area contributed by atoms with Crippen molar-refractivity contribution in [1.82, 2.24) is 10.3 Å². The number of nitrogens with one attached hydrogen (secondary N) is 1. The molecule has 0 aliphatic rings. The van der Waals surface area contributed by atoms with Crippen molar-refractivity contribution in [1.29, 1.82) is 0 Å². The summed E-state index contributed by atoms with van der Waals surface area (Å²) in [5.41, 5.74) is 6.36. The van der Waals surface area contributed by atoms with Gasteiger partial charge in [0.05, 0.1) is 5.41 Å². The van der Waals surface area contributed by atoms with E-state index < -0.39 is 5.41 Å². The van der Waals surface area contributed by atoms with Gasteiger partial charge in [-0.1, -0.05) is 19.9 Å². The van der Waals surface area contributed by atoms with Crippen LogP contribution in [0.25, 0.3) is 0 Å². The third-order valence-electron chi connectivity index (χ3n) is 4.58. The van der Waals surface area contributed by atoms with Crippen LogP contribution in [0.1, 0.15) is 46.1 Å². The normalized spacial score (nSPS) is 11.3. The molecule has 1 rings (SSSR count). The number of carbonyl (C=O) groups is 1. The number of rotatable bonds is 9. The molecule has 0 radical (unpaired) electrons. The Labute approximate surface area is 134 Å². The van der Waals surface area contributed by atoms with Gasteiger partial charge >= 0.3 is 0 Å². The Hall–Kier alpha value is -1.62. The third-order valence-corrected chi connectivity index (χ3v) is 4.58. The van der Waals surface area contributed by atoms with Crippen molar-refractivity contribution in [3.63, 3.8) is 0 Å². The molecule has 0 unspecified atom stereocenters. The first-order valence-electron chi connectivity index (χ1n) is 8.25. The summed E-state index contributed by atoms with van der Waals surface area (Å²) in [6.07, 6.45) is 3.34. The third kappa shape index (κ3) is 4.19. The molecular weight excluding hydrogens is 276 g/mol. The van der Waals surface area contributed by atoms with Crippen LogP contribution < -0.4 is 16.0 Å². The summed E-state index contributed by atoms with van der Waals surface area (Å²) in [5.74, 6) is 1.01. The predicted octanol–water partition coefficient (Wildman–Crippen LogP) is 2.31. The SMILES string of the molecule is CCN(CC)c1ccc(CNC(=O)C(CC)(CC)CN)cn1. The molecule has 0 saturated carbocycles. The largest absolute Gasteiger partial charge is 0.357 e. The first-order chi connectivity index (χ1) is 10.6. The summed E-state index contributed by atoms with van der Waals surface area (Å²) in [6, 6.07) is 4.02. The van der Waals surface area contributed by atoms with Crippen LogP contribution in [0.4, 0.5) is 5.82 Å². The molecular formula is C17H30N4O. The van der Waals surface area contributed by atoms with Crippen molar-refractivity contribution in [3.8, 4) is 0 Å². The van der Waals surface area contributed by atoms with Crippen LogP contribution in [0.3, 0.4) is 0 Å². The Morgan fingerprint density at radius 2 is 1.86 bits per heavy atom. The fourth-order valence-corrected chi connectivity index (χ4v) is 2.58. The number of carbonyl (C=O) groups excluding carboxylic acids is 1. The van der Waals surface area contributed by atoms with Gasteiger partial charge in [0.15, 0.2) is 0 Å². The Morgan fingerprint density at radius 1 is 1.23 bits per heavy atom. The van der Waals surface area contributed by atoms with E-state index in [4.69, 9.17) is 5.73 Å². The number of nitrogens with two attached hydrogens (primary N) is 1. The maximum absolute atomic E-state index is 12.4. The molecule has 1 aromatic rings. The van der Waals surface area contributed by atoms with Gasteiger partial charge in [-0.15, -0.1) is 0 Å². The van der Waals surface area contributed by atoms with E-state index >= 15 is 0 Å². The lowest BCUT2D eigenvalue weighted by Gasteiger charge is -2.28. The smallest absolute Gasteiger partial charge is 0.227 e. The van der Waals surface area contributed by atoms with Crippen molar-refractivity contribution in [2.24, 2.45) is 11.1 Å². The fourth-order valence-electron chi connectivity index (χ4n) is 2.58. The Balaban J connectivity index is 2.67. The molecule has 0 spiro atoms. The van der Waals surface area contributed by atoms with Crippen molar-refractivity contribution >= 4 is 11.7 Å². The zero-order valence-electron chi connectivity index (χ0n) is 14.4. The van der Waals surface area contributed by atoms with E-state index in [1.807, 2.05) is 32.2 Å². The second-order valence-corrected chi connectivity index (χ2v) is 5.57. The maximum atomic E-state index is 12.4. The maximum Gasteiger partial charge on any atom is 0.227 e. The van der Waals surface area contributed by atoms with Gasteiger partial charge in [-0.05, 0) is 38.3 Å². The van der Waals surface area contributed by atoms with Crippen LogP contribution >= 0.6 is 0 Å². The standard InChI is InChI=1S/C17H30N4O/c1-5-17(6-2,13-18)16(22)20-12-14-9-10-15(19-11-14)21(7-3)8-4/h9-11H,5-8,12-13,18H2,1-4H3,(H,20,22). The topological polar surface area (TPSA) is 71.2 Å². The van der Waals surface area contributed by atoms with Crippen LogP contribution in [-0.4, -0.2) is 30.5 Å². The molecule has 22 heavy (non-hydrogen) atoms. The first-order valence-corrected chi connectivity index (χ1v) is 8.25. The number of hydrogen-bond donors (Lipinski definition) is 2. The van der Waals surface area contributed by atoms with Gasteiger partial charge in [0.1, 0.15) is 5.82 Å². The highest BCUT2D eigenvalue weighted by Gasteiger charge is 2.32. The lowest BCUT2D eigenvalue weighted by atomic mass is 9.81. The number of aromatic nitrogens is 1. The average Bonchev–Trinajstić information content (AvgIpc) is 2.57. The molecule has 0 aliphatic heterocycles. The van der Waals surface area contributed by atoms with E-state index in [9.17, 15) is 4.79 Å². The van der Waals surface area contributed by atoms with Crippen molar-refractivity contribution in [3.05, 3.63) is 23.9 Å². The van der Waals surface area contributed by atoms with E-state index in [2.05, 4.69) is 29.0 Å². The van der Waals surface area contributed by atoms with E-state index in [0.717, 1.165) is 37.3 Å². The Bertz CT molecular complexity index is 442. The number of amides is 1. The van der Waals surface area contributed by atoms with Gasteiger partial charge in [-0.3, -0.25) is 4.79 Å². The summed E-state index contributed by atoms with van der Waals surface area (Å²) in [7, 11) is 0. The van der Waals surface area contributed by atoms with Crippen LogP contribution in [0.2, 0.25) is 0 Å². The van der Waals surface area contributed by atoms with Gasteiger partial charge in [0, 0.05) is 32.4 Å². The molecule has 0 aromatic carbocycles. The fraction of sp³-hybridized carbons (Fsp3) is 0.647. The minimum Gasteiger partial charge on any atom is -0.357 e. The molecule has 0 bridgehead atoms. The minimum atomic E-state index is -0.450. The summed E-state index contributed by atoms with van der Waals surface area (Å²) in [5, 5.41) is 3.00. The second kappa shape index (κ2) is 8.73. The van der Waals surface area contributed by atoms with Gasteiger partial charge in [0.2, 0.25) is 5.91 Å². The molecule has 5 nitrogen and oxygen atoms in total. The average molecular weight is 306 g/mol. The van der Waals surface area contributed by atoms with Gasteiger partial charge in [-0.25, -0.2) is 4.98 Å². The molecule has 1 amide bonds. The van der Waals surface area contributed by atoms with Crippen molar-refractivity contribution in [2.45, 2.75) is 47.1 Å². The van der Waals surface area contributed by atoms with Gasteiger partial charge < -0.3 is 16.0 Å². The molecule has 124 valence electrons.